The van der Waals surface area contributed by atoms with E-state index < -0.39 is 0 Å². The first-order valence-corrected chi connectivity index (χ1v) is 7.21. The molecule has 0 aliphatic carbocycles. The smallest absolute Gasteiger partial charge is 0.215 e. The zero-order valence-corrected chi connectivity index (χ0v) is 12.3. The van der Waals surface area contributed by atoms with Crippen LogP contribution in [-0.4, -0.2) is 19.8 Å². The second-order valence-electron chi connectivity index (χ2n) is 4.24. The lowest BCUT2D eigenvalue weighted by Crippen LogP contribution is -2.14. The number of fused-ring (bicyclic) bond motifs is 1. The van der Waals surface area contributed by atoms with Gasteiger partial charge in [0, 0.05) is 12.5 Å². The Kier molecular flexibility index (Phi) is 5.59. The van der Waals surface area contributed by atoms with Gasteiger partial charge in [-0.05, 0) is 17.9 Å². The summed E-state index contributed by atoms with van der Waals surface area (Å²) in [5.74, 6) is 0.863. The van der Waals surface area contributed by atoms with Crippen molar-refractivity contribution >= 4 is 19.8 Å². The van der Waals surface area contributed by atoms with Crippen molar-refractivity contribution in [1.82, 2.24) is 0 Å². The molecule has 2 aromatic carbocycles. The van der Waals surface area contributed by atoms with E-state index in [2.05, 4.69) is 25.1 Å². The van der Waals surface area contributed by atoms with E-state index in [1.165, 1.54) is 5.39 Å². The maximum Gasteiger partial charge on any atom is 0.215 e. The van der Waals surface area contributed by atoms with Crippen LogP contribution in [0.15, 0.2) is 42.5 Å². The van der Waals surface area contributed by atoms with Gasteiger partial charge in [0.15, 0.2) is 0 Å². The summed E-state index contributed by atoms with van der Waals surface area (Å²) in [4.78, 5) is 0. The summed E-state index contributed by atoms with van der Waals surface area (Å²) in [5, 5.41) is 2.29. The first-order valence-electron chi connectivity index (χ1n) is 6.39. The maximum atomic E-state index is 5.71. The SMILES string of the molecule is CCC(COPOc1cccc2ccccc12)OC. The van der Waals surface area contributed by atoms with Crippen LogP contribution in [0.1, 0.15) is 13.3 Å². The molecule has 0 amide bonds. The van der Waals surface area contributed by atoms with E-state index in [0.717, 1.165) is 17.6 Å². The number of rotatable bonds is 7. The topological polar surface area (TPSA) is 27.7 Å². The largest absolute Gasteiger partial charge is 0.449 e. The molecule has 2 unspecified atom stereocenters. The Morgan fingerprint density at radius 2 is 1.89 bits per heavy atom. The average Bonchev–Trinajstić information content (AvgIpc) is 2.47. The molecule has 0 radical (unpaired) electrons. The molecule has 0 saturated heterocycles. The minimum absolute atomic E-state index is 0.00820. The third kappa shape index (κ3) is 3.90. The summed E-state index contributed by atoms with van der Waals surface area (Å²) in [7, 11) is 1.69. The Balaban J connectivity index is 1.91. The lowest BCUT2D eigenvalue weighted by atomic mass is 10.1. The van der Waals surface area contributed by atoms with Gasteiger partial charge in [-0.1, -0.05) is 43.3 Å². The monoisotopic (exact) mass is 278 g/mol. The molecule has 0 N–H and O–H groups in total. The molecule has 0 aliphatic heterocycles. The van der Waals surface area contributed by atoms with Crippen molar-refractivity contribution in [3.8, 4) is 5.75 Å². The summed E-state index contributed by atoms with van der Waals surface area (Å²) in [6.45, 7) is 2.64. The maximum absolute atomic E-state index is 5.71. The zero-order valence-electron chi connectivity index (χ0n) is 11.3. The third-order valence-electron chi connectivity index (χ3n) is 3.02. The quantitative estimate of drug-likeness (QED) is 0.562. The van der Waals surface area contributed by atoms with Crippen LogP contribution >= 0.6 is 9.03 Å². The average molecular weight is 278 g/mol. The van der Waals surface area contributed by atoms with Crippen LogP contribution in [0.4, 0.5) is 0 Å². The fraction of sp³-hybridized carbons (Fsp3) is 0.333. The van der Waals surface area contributed by atoms with Crippen molar-refractivity contribution < 1.29 is 13.8 Å². The van der Waals surface area contributed by atoms with E-state index in [1.54, 1.807) is 7.11 Å². The van der Waals surface area contributed by atoms with Crippen molar-refractivity contribution in [1.29, 1.82) is 0 Å². The first-order chi connectivity index (χ1) is 9.35. The molecule has 2 atom stereocenters. The molecular weight excluding hydrogens is 259 g/mol. The lowest BCUT2D eigenvalue weighted by Gasteiger charge is -2.13. The van der Waals surface area contributed by atoms with Gasteiger partial charge < -0.3 is 13.8 Å². The second-order valence-corrected chi connectivity index (χ2v) is 4.90. The number of methoxy groups -OCH3 is 1. The standard InChI is InChI=1S/C15H19O3P/c1-3-13(16-2)11-17-19-18-15-10-6-8-12-7-4-5-9-14(12)15/h4-10,13,19H,3,11H2,1-2H3. The van der Waals surface area contributed by atoms with Crippen LogP contribution in [0, 0.1) is 0 Å². The summed E-state index contributed by atoms with van der Waals surface area (Å²) in [5.41, 5.74) is 0. The number of benzene rings is 2. The molecule has 0 fully saturated rings. The minimum Gasteiger partial charge on any atom is -0.449 e. The molecule has 4 heteroatoms. The first kappa shape index (κ1) is 14.3. The van der Waals surface area contributed by atoms with Crippen molar-refractivity contribution in [3.05, 3.63) is 42.5 Å². The third-order valence-corrected chi connectivity index (χ3v) is 3.61. The van der Waals surface area contributed by atoms with E-state index in [4.69, 9.17) is 13.8 Å². The molecule has 19 heavy (non-hydrogen) atoms. The van der Waals surface area contributed by atoms with Crippen LogP contribution in [0.3, 0.4) is 0 Å². The van der Waals surface area contributed by atoms with E-state index >= 15 is 0 Å². The highest BCUT2D eigenvalue weighted by Crippen LogP contribution is 2.30. The molecule has 0 spiro atoms. The summed E-state index contributed by atoms with van der Waals surface area (Å²) in [6.07, 6.45) is 1.08. The number of ether oxygens (including phenoxy) is 1. The lowest BCUT2D eigenvalue weighted by molar-refractivity contribution is 0.0585. The van der Waals surface area contributed by atoms with E-state index in [1.807, 2.05) is 24.3 Å². The molecule has 0 heterocycles. The predicted octanol–water partition coefficient (Wildman–Crippen LogP) is 4.17. The number of hydrogen-bond donors (Lipinski definition) is 0. The molecule has 0 saturated carbocycles. The van der Waals surface area contributed by atoms with Gasteiger partial charge in [-0.2, -0.15) is 0 Å². The molecule has 0 aromatic heterocycles. The Morgan fingerprint density at radius 3 is 2.68 bits per heavy atom. The number of hydrogen-bond acceptors (Lipinski definition) is 3. The molecule has 2 rings (SSSR count). The van der Waals surface area contributed by atoms with Crippen LogP contribution in [0.25, 0.3) is 10.8 Å². The molecule has 2 aromatic rings. The van der Waals surface area contributed by atoms with Gasteiger partial charge >= 0.3 is 0 Å². The molecule has 0 aliphatic rings. The van der Waals surface area contributed by atoms with Crippen LogP contribution in [0.2, 0.25) is 0 Å². The Bertz CT molecular complexity index is 506. The van der Waals surface area contributed by atoms with Gasteiger partial charge in [0.2, 0.25) is 9.03 Å². The summed E-state index contributed by atoms with van der Waals surface area (Å²) in [6, 6.07) is 14.2. The minimum atomic E-state index is -0.00820. The fourth-order valence-corrected chi connectivity index (χ4v) is 2.42. The highest BCUT2D eigenvalue weighted by molar-refractivity contribution is 7.26. The van der Waals surface area contributed by atoms with Crippen molar-refractivity contribution in [2.45, 2.75) is 19.4 Å². The predicted molar refractivity (Wildman–Crippen MR) is 79.9 cm³/mol. The normalized spacial score (nSPS) is 13.2. The molecule has 102 valence electrons. The van der Waals surface area contributed by atoms with Gasteiger partial charge in [-0.25, -0.2) is 0 Å². The van der Waals surface area contributed by atoms with Crippen molar-refractivity contribution in [2.75, 3.05) is 13.7 Å². The van der Waals surface area contributed by atoms with E-state index in [-0.39, 0.29) is 15.1 Å². The van der Waals surface area contributed by atoms with Crippen LogP contribution < -0.4 is 4.52 Å². The zero-order chi connectivity index (χ0) is 13.5. The highest BCUT2D eigenvalue weighted by atomic mass is 31.1. The Morgan fingerprint density at radius 1 is 1.11 bits per heavy atom. The van der Waals surface area contributed by atoms with Gasteiger partial charge in [0.25, 0.3) is 0 Å². The molecule has 3 nitrogen and oxygen atoms in total. The Labute approximate surface area is 115 Å². The van der Waals surface area contributed by atoms with Gasteiger partial charge in [-0.15, -0.1) is 0 Å². The summed E-state index contributed by atoms with van der Waals surface area (Å²) >= 11 is 0. The van der Waals surface area contributed by atoms with Crippen molar-refractivity contribution in [2.24, 2.45) is 0 Å². The van der Waals surface area contributed by atoms with E-state index in [9.17, 15) is 0 Å². The van der Waals surface area contributed by atoms with Crippen molar-refractivity contribution in [3.63, 3.8) is 0 Å². The Hall–Kier alpha value is -1.15. The highest BCUT2D eigenvalue weighted by Gasteiger charge is 2.05. The molecular formula is C15H19O3P. The molecule has 0 bridgehead atoms. The van der Waals surface area contributed by atoms with E-state index in [0.29, 0.717) is 6.61 Å². The van der Waals surface area contributed by atoms with Gasteiger partial charge in [0.05, 0.1) is 12.7 Å². The fourth-order valence-electron chi connectivity index (χ4n) is 1.84. The van der Waals surface area contributed by atoms with Gasteiger partial charge in [0.1, 0.15) is 5.75 Å². The second kappa shape index (κ2) is 7.44. The van der Waals surface area contributed by atoms with Crippen LogP contribution in [0.5, 0.6) is 5.75 Å². The van der Waals surface area contributed by atoms with Crippen LogP contribution in [-0.2, 0) is 9.26 Å². The summed E-state index contributed by atoms with van der Waals surface area (Å²) < 4.78 is 16.5. The van der Waals surface area contributed by atoms with Gasteiger partial charge in [-0.3, -0.25) is 0 Å².